The fourth-order valence-electron chi connectivity index (χ4n) is 2.62. The lowest BCUT2D eigenvalue weighted by Gasteiger charge is -2.09. The lowest BCUT2D eigenvalue weighted by Crippen LogP contribution is -2.48. The molecule has 0 radical (unpaired) electrons. The summed E-state index contributed by atoms with van der Waals surface area (Å²) >= 11 is 0. The number of benzene rings is 2. The van der Waals surface area contributed by atoms with Crippen molar-refractivity contribution in [3.8, 4) is 0 Å². The van der Waals surface area contributed by atoms with Crippen molar-refractivity contribution in [3.05, 3.63) is 71.3 Å². The van der Waals surface area contributed by atoms with Gasteiger partial charge in [0.1, 0.15) is 11.6 Å². The summed E-state index contributed by atoms with van der Waals surface area (Å²) in [5.41, 5.74) is 6.03. The van der Waals surface area contributed by atoms with Gasteiger partial charge in [-0.1, -0.05) is 24.3 Å². The molecule has 25 heavy (non-hydrogen) atoms. The van der Waals surface area contributed by atoms with Crippen LogP contribution in [-0.4, -0.2) is 18.0 Å². The predicted octanol–water partition coefficient (Wildman–Crippen LogP) is 2.39. The van der Waals surface area contributed by atoms with Crippen molar-refractivity contribution < 1.29 is 18.4 Å². The summed E-state index contributed by atoms with van der Waals surface area (Å²) in [7, 11) is 0. The third-order valence-electron chi connectivity index (χ3n) is 3.98. The minimum Gasteiger partial charge on any atom is -0.333 e. The molecule has 0 spiro atoms. The van der Waals surface area contributed by atoms with Crippen LogP contribution >= 0.6 is 0 Å². The van der Waals surface area contributed by atoms with Crippen LogP contribution in [0.1, 0.15) is 23.5 Å². The monoisotopic (exact) mass is 345 g/mol. The fourth-order valence-corrected chi connectivity index (χ4v) is 2.62. The maximum Gasteiger partial charge on any atom is 0.333 e. The lowest BCUT2D eigenvalue weighted by atomic mass is 10.1. The van der Waals surface area contributed by atoms with Gasteiger partial charge < -0.3 is 5.32 Å². The Morgan fingerprint density at radius 1 is 1.00 bits per heavy atom. The largest absolute Gasteiger partial charge is 0.333 e. The minimum atomic E-state index is -0.531. The average Bonchev–Trinajstić information content (AvgIpc) is 3.34. The second kappa shape index (κ2) is 7.29. The van der Waals surface area contributed by atoms with Crippen LogP contribution in [0.2, 0.25) is 0 Å². The zero-order chi connectivity index (χ0) is 17.8. The molecule has 5 nitrogen and oxygen atoms in total. The van der Waals surface area contributed by atoms with Crippen LogP contribution in [0.4, 0.5) is 13.6 Å². The molecule has 1 fully saturated rings. The van der Waals surface area contributed by atoms with E-state index in [0.717, 1.165) is 12.0 Å². The smallest absolute Gasteiger partial charge is 0.333 e. The van der Waals surface area contributed by atoms with E-state index in [9.17, 15) is 18.4 Å². The van der Waals surface area contributed by atoms with E-state index in [0.29, 0.717) is 5.56 Å². The predicted molar refractivity (Wildman–Crippen MR) is 87.5 cm³/mol. The maximum absolute atomic E-state index is 13.2. The Morgan fingerprint density at radius 2 is 1.76 bits per heavy atom. The van der Waals surface area contributed by atoms with Crippen molar-refractivity contribution in [1.29, 1.82) is 0 Å². The number of rotatable bonds is 4. The Balaban J connectivity index is 1.40. The first-order chi connectivity index (χ1) is 12.0. The van der Waals surface area contributed by atoms with Crippen LogP contribution in [0.3, 0.4) is 0 Å². The Hall–Kier alpha value is -2.96. The molecule has 3 rings (SSSR count). The van der Waals surface area contributed by atoms with Crippen molar-refractivity contribution in [1.82, 2.24) is 16.2 Å². The average molecular weight is 345 g/mol. The van der Waals surface area contributed by atoms with Crippen molar-refractivity contribution >= 4 is 11.9 Å². The van der Waals surface area contributed by atoms with Crippen LogP contribution in [0.5, 0.6) is 0 Å². The van der Waals surface area contributed by atoms with Crippen LogP contribution in [0.25, 0.3) is 0 Å². The number of hydrogen-bond donors (Lipinski definition) is 3. The molecule has 0 saturated heterocycles. The Morgan fingerprint density at radius 3 is 2.48 bits per heavy atom. The summed E-state index contributed by atoms with van der Waals surface area (Å²) in [5.74, 6) is -1.02. The highest BCUT2D eigenvalue weighted by atomic mass is 19.1. The van der Waals surface area contributed by atoms with Crippen LogP contribution in [-0.2, 0) is 11.2 Å². The number of halogens is 2. The van der Waals surface area contributed by atoms with E-state index in [1.54, 1.807) is 6.07 Å². The highest BCUT2D eigenvalue weighted by Gasteiger charge is 2.39. The maximum atomic E-state index is 13.2. The molecule has 1 aliphatic carbocycles. The molecule has 7 heteroatoms. The number of hydrazine groups is 1. The highest BCUT2D eigenvalue weighted by Crippen LogP contribution is 2.40. The van der Waals surface area contributed by atoms with E-state index < -0.39 is 11.9 Å². The summed E-state index contributed by atoms with van der Waals surface area (Å²) in [5, 5.41) is 2.71. The van der Waals surface area contributed by atoms with Gasteiger partial charge in [0.25, 0.3) is 0 Å². The van der Waals surface area contributed by atoms with Gasteiger partial charge >= 0.3 is 6.03 Å². The minimum absolute atomic E-state index is 0.0237. The number of carbonyl (C=O) groups is 2. The summed E-state index contributed by atoms with van der Waals surface area (Å²) in [6.07, 6.45) is 0.746. The van der Waals surface area contributed by atoms with Crippen LogP contribution in [0, 0.1) is 11.6 Å². The zero-order valence-corrected chi connectivity index (χ0v) is 13.3. The highest BCUT2D eigenvalue weighted by molar-refractivity contribution is 5.82. The molecule has 3 amide bonds. The molecule has 2 atom stereocenters. The fraction of sp³-hybridized carbons (Fsp3) is 0.222. The molecule has 0 heterocycles. The van der Waals surface area contributed by atoms with Crippen LogP contribution in [0.15, 0.2) is 48.5 Å². The lowest BCUT2D eigenvalue weighted by molar-refractivity contribution is -0.121. The summed E-state index contributed by atoms with van der Waals surface area (Å²) in [6, 6.07) is 11.2. The normalized spacial score (nSPS) is 18.3. The van der Waals surface area contributed by atoms with Crippen LogP contribution < -0.4 is 16.2 Å². The van der Waals surface area contributed by atoms with Crippen molar-refractivity contribution in [3.63, 3.8) is 0 Å². The van der Waals surface area contributed by atoms with Crippen molar-refractivity contribution in [2.45, 2.75) is 24.8 Å². The van der Waals surface area contributed by atoms with E-state index in [2.05, 4.69) is 16.2 Å². The van der Waals surface area contributed by atoms with Gasteiger partial charge in [0.2, 0.25) is 5.91 Å². The molecule has 1 aliphatic rings. The molecule has 130 valence electrons. The molecule has 0 aromatic heterocycles. The van der Waals surface area contributed by atoms with Crippen molar-refractivity contribution in [2.75, 3.05) is 0 Å². The first kappa shape index (κ1) is 16.9. The van der Waals surface area contributed by atoms with Gasteiger partial charge in [-0.3, -0.25) is 10.2 Å². The summed E-state index contributed by atoms with van der Waals surface area (Å²) < 4.78 is 26.0. The van der Waals surface area contributed by atoms with Crippen molar-refractivity contribution in [2.24, 2.45) is 0 Å². The van der Waals surface area contributed by atoms with E-state index in [1.807, 2.05) is 6.07 Å². The molecule has 2 aromatic carbocycles. The topological polar surface area (TPSA) is 70.2 Å². The van der Waals surface area contributed by atoms with Gasteiger partial charge in [-0.15, -0.1) is 0 Å². The molecular formula is C18H17F2N3O2. The first-order valence-corrected chi connectivity index (χ1v) is 7.86. The molecule has 1 saturated carbocycles. The second-order valence-corrected chi connectivity index (χ2v) is 5.95. The molecule has 2 unspecified atom stereocenters. The molecule has 0 aliphatic heterocycles. The number of carbonyl (C=O) groups excluding carboxylic acids is 2. The Bertz CT molecular complexity index is 780. The second-order valence-electron chi connectivity index (χ2n) is 5.95. The third-order valence-corrected chi connectivity index (χ3v) is 3.98. The Labute approximate surface area is 143 Å². The van der Waals surface area contributed by atoms with E-state index >= 15 is 0 Å². The van der Waals surface area contributed by atoms with E-state index in [1.165, 1.54) is 36.4 Å². The SMILES string of the molecule is O=C(Cc1ccc(F)cc1)NNC(=O)NC1CC1c1cccc(F)c1. The van der Waals surface area contributed by atoms with Gasteiger partial charge in [-0.2, -0.15) is 0 Å². The number of hydrogen-bond acceptors (Lipinski definition) is 2. The van der Waals surface area contributed by atoms with Gasteiger partial charge in [0.05, 0.1) is 6.42 Å². The van der Waals surface area contributed by atoms with Gasteiger partial charge in [-0.25, -0.2) is 19.0 Å². The standard InChI is InChI=1S/C18H17F2N3O2/c19-13-6-4-11(5-7-13)8-17(24)22-23-18(25)21-16-10-15(16)12-2-1-3-14(20)9-12/h1-7,9,15-16H,8,10H2,(H,22,24)(H2,21,23,25). The van der Waals surface area contributed by atoms with Gasteiger partial charge in [-0.05, 0) is 41.8 Å². The van der Waals surface area contributed by atoms with Gasteiger partial charge in [0, 0.05) is 12.0 Å². The molecule has 2 aromatic rings. The summed E-state index contributed by atoms with van der Waals surface area (Å²) in [6.45, 7) is 0. The summed E-state index contributed by atoms with van der Waals surface area (Å²) in [4.78, 5) is 23.5. The third kappa shape index (κ3) is 4.76. The molecular weight excluding hydrogens is 328 g/mol. The number of amides is 3. The van der Waals surface area contributed by atoms with Gasteiger partial charge in [0.15, 0.2) is 0 Å². The number of urea groups is 1. The zero-order valence-electron chi connectivity index (χ0n) is 13.3. The number of nitrogens with one attached hydrogen (secondary N) is 3. The van der Waals surface area contributed by atoms with E-state index in [-0.39, 0.29) is 30.0 Å². The first-order valence-electron chi connectivity index (χ1n) is 7.86. The Kier molecular flexibility index (Phi) is 4.92. The van der Waals surface area contributed by atoms with E-state index in [4.69, 9.17) is 0 Å². The molecule has 3 N–H and O–H groups in total. The quantitative estimate of drug-likeness (QED) is 0.745. The molecule has 0 bridgehead atoms.